The van der Waals surface area contributed by atoms with Crippen molar-refractivity contribution in [2.75, 3.05) is 0 Å². The molecule has 0 unspecified atom stereocenters. The van der Waals surface area contributed by atoms with Crippen LogP contribution in [0.25, 0.3) is 16.9 Å². The Kier molecular flexibility index (Phi) is 3.88. The van der Waals surface area contributed by atoms with Gasteiger partial charge in [-0.05, 0) is 23.3 Å². The van der Waals surface area contributed by atoms with E-state index in [1.807, 2.05) is 18.2 Å². The third-order valence-electron chi connectivity index (χ3n) is 3.67. The summed E-state index contributed by atoms with van der Waals surface area (Å²) in [6.07, 6.45) is 1.46. The van der Waals surface area contributed by atoms with E-state index in [9.17, 15) is 4.79 Å². The van der Waals surface area contributed by atoms with Gasteiger partial charge in [0.1, 0.15) is 6.33 Å². The lowest BCUT2D eigenvalue weighted by molar-refractivity contribution is 0.887. The minimum absolute atomic E-state index is 0.146. The average Bonchev–Trinajstić information content (AvgIpc) is 3.10. The molecular formula is C18H14N4OS. The number of H-pyrrole nitrogens is 1. The number of fused-ring (bicyclic) bond motifs is 1. The highest BCUT2D eigenvalue weighted by Gasteiger charge is 2.05. The molecule has 2 heterocycles. The minimum Gasteiger partial charge on any atom is -0.278 e. The molecule has 2 aromatic heterocycles. The number of hydrogen-bond donors (Lipinski definition) is 1. The first kappa shape index (κ1) is 14.7. The quantitative estimate of drug-likeness (QED) is 0.581. The standard InChI is InChI=1S/C18H14N4OS/c23-17-10-15(21-18-19-12-20-22(17)18)11-24-16-8-6-14(7-9-16)13-4-2-1-3-5-13/h1-10,12H,11H2,(H,19,20,21). The maximum absolute atomic E-state index is 11.9. The number of rotatable bonds is 4. The molecule has 0 fully saturated rings. The number of aromatic amines is 1. The zero-order valence-corrected chi connectivity index (χ0v) is 13.5. The topological polar surface area (TPSA) is 63.0 Å². The molecule has 0 aliphatic heterocycles. The number of aromatic nitrogens is 4. The van der Waals surface area contributed by atoms with E-state index >= 15 is 0 Å². The summed E-state index contributed by atoms with van der Waals surface area (Å²) in [7, 11) is 0. The Balaban J connectivity index is 1.50. The van der Waals surface area contributed by atoms with Gasteiger partial charge in [0.25, 0.3) is 11.3 Å². The van der Waals surface area contributed by atoms with Gasteiger partial charge < -0.3 is 0 Å². The van der Waals surface area contributed by atoms with Crippen LogP contribution in [-0.4, -0.2) is 19.6 Å². The predicted octanol–water partition coefficient (Wildman–Crippen LogP) is 3.38. The number of hydrogen-bond acceptors (Lipinski definition) is 4. The van der Waals surface area contributed by atoms with Crippen LogP contribution in [0.15, 0.2) is 76.7 Å². The van der Waals surface area contributed by atoms with Gasteiger partial charge in [0.05, 0.1) is 5.69 Å². The second-order valence-corrected chi connectivity index (χ2v) is 6.34. The van der Waals surface area contributed by atoms with Gasteiger partial charge in [-0.3, -0.25) is 9.89 Å². The molecule has 1 N–H and O–H groups in total. The molecule has 0 amide bonds. The van der Waals surface area contributed by atoms with E-state index in [1.54, 1.807) is 11.8 Å². The molecule has 0 spiro atoms. The molecule has 0 aliphatic carbocycles. The monoisotopic (exact) mass is 334 g/mol. The summed E-state index contributed by atoms with van der Waals surface area (Å²) in [5.41, 5.74) is 2.97. The van der Waals surface area contributed by atoms with Crippen LogP contribution in [-0.2, 0) is 5.75 Å². The second kappa shape index (κ2) is 6.33. The number of nitrogens with one attached hydrogen (secondary N) is 1. The molecule has 0 saturated carbocycles. The molecule has 0 bridgehead atoms. The molecule has 0 radical (unpaired) electrons. The fraction of sp³-hybridized carbons (Fsp3) is 0.0556. The van der Waals surface area contributed by atoms with Crippen molar-refractivity contribution in [1.82, 2.24) is 19.6 Å². The summed E-state index contributed by atoms with van der Waals surface area (Å²) in [4.78, 5) is 21.5. The summed E-state index contributed by atoms with van der Waals surface area (Å²) < 4.78 is 1.32. The van der Waals surface area contributed by atoms with E-state index in [4.69, 9.17) is 0 Å². The molecule has 24 heavy (non-hydrogen) atoms. The van der Waals surface area contributed by atoms with Crippen molar-refractivity contribution in [2.45, 2.75) is 10.6 Å². The molecule has 0 atom stereocenters. The highest BCUT2D eigenvalue weighted by atomic mass is 32.2. The van der Waals surface area contributed by atoms with Gasteiger partial charge in [-0.25, -0.2) is 9.97 Å². The van der Waals surface area contributed by atoms with Gasteiger partial charge in [0.2, 0.25) is 0 Å². The normalized spacial score (nSPS) is 11.0. The van der Waals surface area contributed by atoms with Crippen LogP contribution in [0.4, 0.5) is 0 Å². The van der Waals surface area contributed by atoms with Crippen LogP contribution in [0.1, 0.15) is 5.69 Å². The van der Waals surface area contributed by atoms with Crippen LogP contribution in [0.2, 0.25) is 0 Å². The van der Waals surface area contributed by atoms with E-state index < -0.39 is 0 Å². The lowest BCUT2D eigenvalue weighted by Crippen LogP contribution is -2.15. The summed E-state index contributed by atoms with van der Waals surface area (Å²) in [6.45, 7) is 0. The Bertz CT molecular complexity index is 1020. The van der Waals surface area contributed by atoms with E-state index in [2.05, 4.69) is 51.5 Å². The first-order valence-corrected chi connectivity index (χ1v) is 8.48. The van der Waals surface area contributed by atoms with Gasteiger partial charge in [0.15, 0.2) is 0 Å². The molecular weight excluding hydrogens is 320 g/mol. The fourth-order valence-electron chi connectivity index (χ4n) is 2.47. The van der Waals surface area contributed by atoms with Gasteiger partial charge in [0, 0.05) is 16.7 Å². The van der Waals surface area contributed by atoms with Crippen LogP contribution < -0.4 is 5.56 Å². The maximum Gasteiger partial charge on any atom is 0.274 e. The van der Waals surface area contributed by atoms with Crippen LogP contribution in [0.5, 0.6) is 0 Å². The number of thioether (sulfide) groups is 1. The van der Waals surface area contributed by atoms with Crippen LogP contribution in [0.3, 0.4) is 0 Å². The van der Waals surface area contributed by atoms with E-state index in [-0.39, 0.29) is 5.56 Å². The van der Waals surface area contributed by atoms with Crippen molar-refractivity contribution in [2.24, 2.45) is 0 Å². The molecule has 118 valence electrons. The molecule has 4 rings (SSSR count). The zero-order chi connectivity index (χ0) is 16.4. The molecule has 0 saturated heterocycles. The number of nitrogens with zero attached hydrogens (tertiary/aromatic N) is 3. The predicted molar refractivity (Wildman–Crippen MR) is 95.0 cm³/mol. The molecule has 4 aromatic rings. The van der Waals surface area contributed by atoms with Gasteiger partial charge in [-0.15, -0.1) is 11.8 Å². The number of benzene rings is 2. The van der Waals surface area contributed by atoms with Crippen molar-refractivity contribution in [3.8, 4) is 11.1 Å². The summed E-state index contributed by atoms with van der Waals surface area (Å²) >= 11 is 1.65. The van der Waals surface area contributed by atoms with Crippen molar-refractivity contribution in [3.63, 3.8) is 0 Å². The Hall–Kier alpha value is -2.86. The highest BCUT2D eigenvalue weighted by molar-refractivity contribution is 7.98. The summed E-state index contributed by atoms with van der Waals surface area (Å²) in [5.74, 6) is 1.03. The van der Waals surface area contributed by atoms with Crippen molar-refractivity contribution in [1.29, 1.82) is 0 Å². The van der Waals surface area contributed by atoms with E-state index in [0.717, 1.165) is 10.6 Å². The molecule has 6 heteroatoms. The lowest BCUT2D eigenvalue weighted by Gasteiger charge is -2.04. The summed E-state index contributed by atoms with van der Waals surface area (Å²) in [6, 6.07) is 20.2. The van der Waals surface area contributed by atoms with Gasteiger partial charge in [-0.1, -0.05) is 42.5 Å². The Labute approximate surface area is 142 Å². The molecule has 2 aromatic carbocycles. The van der Waals surface area contributed by atoms with Crippen molar-refractivity contribution >= 4 is 17.5 Å². The van der Waals surface area contributed by atoms with Crippen molar-refractivity contribution in [3.05, 3.63) is 83.0 Å². The molecule has 0 aliphatic rings. The molecule has 5 nitrogen and oxygen atoms in total. The van der Waals surface area contributed by atoms with Crippen molar-refractivity contribution < 1.29 is 0 Å². The first-order valence-electron chi connectivity index (χ1n) is 7.50. The lowest BCUT2D eigenvalue weighted by atomic mass is 10.1. The maximum atomic E-state index is 11.9. The Morgan fingerprint density at radius 3 is 2.54 bits per heavy atom. The van der Waals surface area contributed by atoms with E-state index in [1.165, 1.54) is 28.0 Å². The van der Waals surface area contributed by atoms with Crippen LogP contribution >= 0.6 is 11.8 Å². The third kappa shape index (κ3) is 2.96. The second-order valence-electron chi connectivity index (χ2n) is 5.29. The van der Waals surface area contributed by atoms with Gasteiger partial charge in [-0.2, -0.15) is 4.52 Å². The third-order valence-corrected chi connectivity index (χ3v) is 4.71. The SMILES string of the molecule is O=c1cc(CSc2ccc(-c3ccccc3)cc2)nc2nc[nH]n12. The summed E-state index contributed by atoms with van der Waals surface area (Å²) in [5, 5.41) is 2.73. The van der Waals surface area contributed by atoms with Crippen LogP contribution in [0, 0.1) is 0 Å². The Morgan fingerprint density at radius 2 is 1.75 bits per heavy atom. The fourth-order valence-corrected chi connectivity index (χ4v) is 3.27. The smallest absolute Gasteiger partial charge is 0.274 e. The zero-order valence-electron chi connectivity index (χ0n) is 12.7. The largest absolute Gasteiger partial charge is 0.278 e. The van der Waals surface area contributed by atoms with E-state index in [0.29, 0.717) is 11.5 Å². The van der Waals surface area contributed by atoms with Gasteiger partial charge >= 0.3 is 0 Å². The Morgan fingerprint density at radius 1 is 1.00 bits per heavy atom. The highest BCUT2D eigenvalue weighted by Crippen LogP contribution is 2.25. The minimum atomic E-state index is -0.146. The average molecular weight is 334 g/mol. The first-order chi connectivity index (χ1) is 11.8.